The van der Waals surface area contributed by atoms with E-state index < -0.39 is 0 Å². The monoisotopic (exact) mass is 440 g/mol. The quantitative estimate of drug-likeness (QED) is 0.596. The minimum Gasteiger partial charge on any atom is -0.504 e. The second kappa shape index (κ2) is 9.41. The Bertz CT molecular complexity index is 1060. The number of benzene rings is 2. The standard InChI is InChI=1S/C23H25ClN4O3/c1-31-21-14-16(6-7-20(21)29)15-27-12-9-17(10-13-27)28-22(8-11-25-28)26-23(30)18-4-2-3-5-19(18)24/h2-8,11,14,17,29H,9-10,12-13,15H2,1H3,(H,26,30). The molecule has 1 aromatic heterocycles. The zero-order valence-corrected chi connectivity index (χ0v) is 18.0. The second-order valence-electron chi connectivity index (χ2n) is 7.61. The first-order chi connectivity index (χ1) is 15.0. The highest BCUT2D eigenvalue weighted by Crippen LogP contribution is 2.29. The zero-order valence-electron chi connectivity index (χ0n) is 17.3. The fraction of sp³-hybridized carbons (Fsp3) is 0.304. The topological polar surface area (TPSA) is 79.6 Å². The van der Waals surface area contributed by atoms with Crippen LogP contribution in [0.25, 0.3) is 0 Å². The molecular formula is C23H25ClN4O3. The molecule has 4 rings (SSSR count). The maximum absolute atomic E-state index is 12.6. The van der Waals surface area contributed by atoms with Gasteiger partial charge in [-0.25, -0.2) is 4.68 Å². The molecule has 2 N–H and O–H groups in total. The number of nitrogens with zero attached hydrogens (tertiary/aromatic N) is 3. The Morgan fingerprint density at radius 1 is 1.23 bits per heavy atom. The largest absolute Gasteiger partial charge is 0.504 e. The van der Waals surface area contributed by atoms with E-state index in [-0.39, 0.29) is 17.7 Å². The van der Waals surface area contributed by atoms with Crippen LogP contribution in [0.3, 0.4) is 0 Å². The van der Waals surface area contributed by atoms with Crippen molar-refractivity contribution in [3.8, 4) is 11.5 Å². The van der Waals surface area contributed by atoms with Crippen LogP contribution in [0.5, 0.6) is 11.5 Å². The van der Waals surface area contributed by atoms with Crippen LogP contribution in [-0.2, 0) is 6.54 Å². The van der Waals surface area contributed by atoms with Crippen molar-refractivity contribution in [3.05, 3.63) is 70.9 Å². The van der Waals surface area contributed by atoms with Gasteiger partial charge in [0.15, 0.2) is 11.5 Å². The highest BCUT2D eigenvalue weighted by molar-refractivity contribution is 6.34. The van der Waals surface area contributed by atoms with Crippen molar-refractivity contribution in [2.24, 2.45) is 0 Å². The van der Waals surface area contributed by atoms with Crippen LogP contribution >= 0.6 is 11.6 Å². The van der Waals surface area contributed by atoms with Crippen molar-refractivity contribution in [3.63, 3.8) is 0 Å². The molecule has 1 aliphatic heterocycles. The van der Waals surface area contributed by atoms with Crippen molar-refractivity contribution in [2.45, 2.75) is 25.4 Å². The number of halogens is 1. The number of phenols is 1. The molecular weight excluding hydrogens is 416 g/mol. The van der Waals surface area contributed by atoms with Gasteiger partial charge < -0.3 is 15.2 Å². The highest BCUT2D eigenvalue weighted by Gasteiger charge is 2.24. The third-order valence-electron chi connectivity index (χ3n) is 5.58. The molecule has 3 aromatic rings. The van der Waals surface area contributed by atoms with Crippen molar-refractivity contribution >= 4 is 23.3 Å². The summed E-state index contributed by atoms with van der Waals surface area (Å²) in [6.07, 6.45) is 3.55. The van der Waals surface area contributed by atoms with E-state index in [0.29, 0.717) is 22.2 Å². The number of hydrogen-bond donors (Lipinski definition) is 2. The van der Waals surface area contributed by atoms with Crippen LogP contribution in [0.2, 0.25) is 5.02 Å². The number of methoxy groups -OCH3 is 1. The van der Waals surface area contributed by atoms with Crippen LogP contribution in [0.4, 0.5) is 5.82 Å². The molecule has 0 radical (unpaired) electrons. The third kappa shape index (κ3) is 4.84. The lowest BCUT2D eigenvalue weighted by atomic mass is 10.0. The van der Waals surface area contributed by atoms with Crippen LogP contribution < -0.4 is 10.1 Å². The van der Waals surface area contributed by atoms with Crippen LogP contribution in [-0.4, -0.2) is 45.9 Å². The predicted octanol–water partition coefficient (Wildman–Crippen LogP) is 4.34. The van der Waals surface area contributed by atoms with Gasteiger partial charge in [-0.05, 0) is 42.7 Å². The molecule has 8 heteroatoms. The highest BCUT2D eigenvalue weighted by atomic mass is 35.5. The Morgan fingerprint density at radius 2 is 2.00 bits per heavy atom. The molecule has 7 nitrogen and oxygen atoms in total. The molecule has 0 saturated carbocycles. The number of amides is 1. The molecule has 0 unspecified atom stereocenters. The lowest BCUT2D eigenvalue weighted by Gasteiger charge is -2.32. The van der Waals surface area contributed by atoms with Gasteiger partial charge in [0.2, 0.25) is 0 Å². The van der Waals surface area contributed by atoms with Gasteiger partial charge in [-0.1, -0.05) is 29.8 Å². The van der Waals surface area contributed by atoms with Crippen molar-refractivity contribution in [2.75, 3.05) is 25.5 Å². The number of phenolic OH excluding ortho intramolecular Hbond substituents is 1. The molecule has 1 amide bonds. The molecule has 1 saturated heterocycles. The van der Waals surface area contributed by atoms with Gasteiger partial charge in [0.25, 0.3) is 5.91 Å². The second-order valence-corrected chi connectivity index (χ2v) is 8.02. The number of aromatic nitrogens is 2. The number of carbonyl (C=O) groups excluding carboxylic acids is 1. The molecule has 0 aliphatic carbocycles. The number of carbonyl (C=O) groups is 1. The van der Waals surface area contributed by atoms with Crippen LogP contribution in [0.15, 0.2) is 54.7 Å². The lowest BCUT2D eigenvalue weighted by Crippen LogP contribution is -2.35. The van der Waals surface area contributed by atoms with E-state index in [2.05, 4.69) is 15.3 Å². The predicted molar refractivity (Wildman–Crippen MR) is 120 cm³/mol. The molecule has 0 atom stereocenters. The average molecular weight is 441 g/mol. The minimum absolute atomic E-state index is 0.148. The van der Waals surface area contributed by atoms with Gasteiger partial charge in [-0.3, -0.25) is 9.69 Å². The van der Waals surface area contributed by atoms with Crippen molar-refractivity contribution in [1.29, 1.82) is 0 Å². The van der Waals surface area contributed by atoms with E-state index in [1.165, 1.54) is 0 Å². The van der Waals surface area contributed by atoms with E-state index in [4.69, 9.17) is 16.3 Å². The Hall–Kier alpha value is -3.03. The summed E-state index contributed by atoms with van der Waals surface area (Å²) in [5, 5.41) is 17.6. The maximum Gasteiger partial charge on any atom is 0.258 e. The lowest BCUT2D eigenvalue weighted by molar-refractivity contribution is 0.102. The number of aromatic hydroxyl groups is 1. The summed E-state index contributed by atoms with van der Waals surface area (Å²) in [7, 11) is 1.55. The first-order valence-electron chi connectivity index (χ1n) is 10.2. The number of likely N-dealkylation sites (tertiary alicyclic amines) is 1. The Kier molecular flexibility index (Phi) is 6.44. The van der Waals surface area contributed by atoms with Crippen molar-refractivity contribution in [1.82, 2.24) is 14.7 Å². The van der Waals surface area contributed by atoms with Crippen LogP contribution in [0.1, 0.15) is 34.8 Å². The average Bonchev–Trinajstić information content (AvgIpc) is 3.24. The molecule has 1 aliphatic rings. The number of hydrogen-bond acceptors (Lipinski definition) is 5. The summed E-state index contributed by atoms with van der Waals surface area (Å²) in [4.78, 5) is 15.0. The first-order valence-corrected chi connectivity index (χ1v) is 10.6. The van der Waals surface area contributed by atoms with Gasteiger partial charge >= 0.3 is 0 Å². The summed E-state index contributed by atoms with van der Waals surface area (Å²) < 4.78 is 7.10. The van der Waals surface area contributed by atoms with Crippen molar-refractivity contribution < 1.29 is 14.6 Å². The van der Waals surface area contributed by atoms with E-state index in [1.807, 2.05) is 22.9 Å². The summed E-state index contributed by atoms with van der Waals surface area (Å²) in [6.45, 7) is 2.61. The number of nitrogens with one attached hydrogen (secondary N) is 1. The third-order valence-corrected chi connectivity index (χ3v) is 5.91. The molecule has 2 aromatic carbocycles. The van der Waals surface area contributed by atoms with Gasteiger partial charge in [-0.2, -0.15) is 5.10 Å². The molecule has 0 spiro atoms. The molecule has 1 fully saturated rings. The molecule has 0 bridgehead atoms. The van der Waals surface area contributed by atoms with E-state index in [0.717, 1.165) is 38.0 Å². The SMILES string of the molecule is COc1cc(CN2CCC(n3nccc3NC(=O)c3ccccc3Cl)CC2)ccc1O. The van der Waals surface area contributed by atoms with E-state index >= 15 is 0 Å². The van der Waals surface area contributed by atoms with E-state index in [1.54, 1.807) is 43.6 Å². The zero-order chi connectivity index (χ0) is 21.8. The van der Waals surface area contributed by atoms with Gasteiger partial charge in [0.05, 0.1) is 29.9 Å². The number of rotatable bonds is 6. The fourth-order valence-corrected chi connectivity index (χ4v) is 4.16. The van der Waals surface area contributed by atoms with Gasteiger partial charge in [0.1, 0.15) is 5.82 Å². The summed E-state index contributed by atoms with van der Waals surface area (Å²) in [5.74, 6) is 1.07. The molecule has 2 heterocycles. The Morgan fingerprint density at radius 3 is 2.74 bits per heavy atom. The Labute approximate surface area is 186 Å². The number of anilines is 1. The van der Waals surface area contributed by atoms with Gasteiger partial charge in [-0.15, -0.1) is 0 Å². The van der Waals surface area contributed by atoms with Crippen LogP contribution in [0, 0.1) is 0 Å². The summed E-state index contributed by atoms with van der Waals surface area (Å²) in [6, 6.07) is 14.5. The smallest absolute Gasteiger partial charge is 0.258 e. The molecule has 31 heavy (non-hydrogen) atoms. The maximum atomic E-state index is 12.6. The summed E-state index contributed by atoms with van der Waals surface area (Å²) >= 11 is 6.15. The van der Waals surface area contributed by atoms with Gasteiger partial charge in [0, 0.05) is 25.7 Å². The molecule has 162 valence electrons. The summed E-state index contributed by atoms with van der Waals surface area (Å²) in [5.41, 5.74) is 1.54. The normalized spacial score (nSPS) is 15.0. The fourth-order valence-electron chi connectivity index (χ4n) is 3.93. The Balaban J connectivity index is 1.37. The number of piperidine rings is 1. The first kappa shape index (κ1) is 21.2. The minimum atomic E-state index is -0.244. The van der Waals surface area contributed by atoms with E-state index in [9.17, 15) is 9.90 Å². The number of ether oxygens (including phenoxy) is 1.